The van der Waals surface area contributed by atoms with Crippen molar-refractivity contribution in [1.29, 1.82) is 5.26 Å². The number of nitriles is 1. The van der Waals surface area contributed by atoms with Crippen molar-refractivity contribution in [3.05, 3.63) is 12.7 Å². The Morgan fingerprint density at radius 3 is 2.27 bits per heavy atom. The van der Waals surface area contributed by atoms with Crippen LogP contribution in [-0.2, 0) is 0 Å². The minimum Gasteiger partial charge on any atom is -0.198 e. The number of rotatable bonds is 10. The minimum atomic E-state index is 0.207. The molecule has 0 aromatic heterocycles. The highest BCUT2D eigenvalue weighted by atomic mass is 14.3. The van der Waals surface area contributed by atoms with Crippen LogP contribution < -0.4 is 0 Å². The second kappa shape index (κ2) is 11.3. The van der Waals surface area contributed by atoms with Gasteiger partial charge in [0.25, 0.3) is 0 Å². The van der Waals surface area contributed by atoms with E-state index >= 15 is 0 Å². The topological polar surface area (TPSA) is 23.8 Å². The quantitative estimate of drug-likeness (QED) is 0.371. The lowest BCUT2D eigenvalue weighted by molar-refractivity contribution is 0.525. The van der Waals surface area contributed by atoms with Gasteiger partial charge in [-0.25, -0.2) is 0 Å². The molecule has 0 aromatic rings. The standard InChI is InChI=1S/C14H25N/c1-3-5-6-7-8-9-10-12-14(13-15)11-4-2/h4,14H,2-3,5-12H2,1H3. The highest BCUT2D eigenvalue weighted by Crippen LogP contribution is 2.14. The first-order valence-corrected chi connectivity index (χ1v) is 6.35. The molecule has 0 rings (SSSR count). The maximum Gasteiger partial charge on any atom is 0.0659 e. The third-order valence-corrected chi connectivity index (χ3v) is 2.79. The van der Waals surface area contributed by atoms with Crippen LogP contribution in [-0.4, -0.2) is 0 Å². The summed E-state index contributed by atoms with van der Waals surface area (Å²) in [6, 6.07) is 2.34. The Morgan fingerprint density at radius 1 is 1.13 bits per heavy atom. The number of hydrogen-bond donors (Lipinski definition) is 0. The van der Waals surface area contributed by atoms with Crippen molar-refractivity contribution in [2.45, 2.75) is 64.7 Å². The Labute approximate surface area is 95.2 Å². The Bertz CT molecular complexity index is 178. The van der Waals surface area contributed by atoms with Crippen molar-refractivity contribution in [3.8, 4) is 6.07 Å². The smallest absolute Gasteiger partial charge is 0.0659 e. The van der Waals surface area contributed by atoms with E-state index in [9.17, 15) is 0 Å². The second-order valence-corrected chi connectivity index (χ2v) is 4.26. The van der Waals surface area contributed by atoms with Gasteiger partial charge < -0.3 is 0 Å². The molecule has 0 aliphatic carbocycles. The third kappa shape index (κ3) is 9.53. The molecule has 1 atom stereocenters. The van der Waals surface area contributed by atoms with E-state index in [1.54, 1.807) is 0 Å². The lowest BCUT2D eigenvalue weighted by atomic mass is 9.98. The first-order chi connectivity index (χ1) is 7.35. The molecule has 0 spiro atoms. The van der Waals surface area contributed by atoms with Crippen LogP contribution in [0.15, 0.2) is 12.7 Å². The first-order valence-electron chi connectivity index (χ1n) is 6.35. The zero-order valence-corrected chi connectivity index (χ0v) is 10.2. The van der Waals surface area contributed by atoms with Gasteiger partial charge in [0.1, 0.15) is 0 Å². The molecule has 0 saturated heterocycles. The van der Waals surface area contributed by atoms with Crippen LogP contribution >= 0.6 is 0 Å². The van der Waals surface area contributed by atoms with Crippen LogP contribution in [0.2, 0.25) is 0 Å². The molecule has 0 aliphatic rings. The summed E-state index contributed by atoms with van der Waals surface area (Å²) in [7, 11) is 0. The Balaban J connectivity index is 3.22. The van der Waals surface area contributed by atoms with Gasteiger partial charge in [0.15, 0.2) is 0 Å². The molecule has 1 nitrogen and oxygen atoms in total. The number of nitrogens with zero attached hydrogens (tertiary/aromatic N) is 1. The summed E-state index contributed by atoms with van der Waals surface area (Å²) in [6.07, 6.45) is 13.0. The summed E-state index contributed by atoms with van der Waals surface area (Å²) in [5.41, 5.74) is 0. The van der Waals surface area contributed by atoms with E-state index < -0.39 is 0 Å². The average molecular weight is 207 g/mol. The van der Waals surface area contributed by atoms with E-state index in [0.717, 1.165) is 12.8 Å². The first kappa shape index (κ1) is 14.2. The van der Waals surface area contributed by atoms with Crippen molar-refractivity contribution in [3.63, 3.8) is 0 Å². The molecule has 0 radical (unpaired) electrons. The molecule has 1 unspecified atom stereocenters. The largest absolute Gasteiger partial charge is 0.198 e. The van der Waals surface area contributed by atoms with Crippen LogP contribution in [0.25, 0.3) is 0 Å². The molecule has 0 bridgehead atoms. The SMILES string of the molecule is C=CCC(C#N)CCCCCCCCC. The summed E-state index contributed by atoms with van der Waals surface area (Å²) in [5, 5.41) is 8.83. The highest BCUT2D eigenvalue weighted by Gasteiger charge is 2.03. The normalized spacial score (nSPS) is 12.0. The van der Waals surface area contributed by atoms with Crippen molar-refractivity contribution in [2.75, 3.05) is 0 Å². The molecule has 0 amide bonds. The summed E-state index contributed by atoms with van der Waals surface area (Å²) in [6.45, 7) is 5.92. The molecular weight excluding hydrogens is 182 g/mol. The van der Waals surface area contributed by atoms with Crippen molar-refractivity contribution >= 4 is 0 Å². The van der Waals surface area contributed by atoms with Gasteiger partial charge in [-0.15, -0.1) is 6.58 Å². The Morgan fingerprint density at radius 2 is 1.73 bits per heavy atom. The monoisotopic (exact) mass is 207 g/mol. The van der Waals surface area contributed by atoms with Gasteiger partial charge in [-0.1, -0.05) is 57.9 Å². The number of allylic oxidation sites excluding steroid dienone is 1. The van der Waals surface area contributed by atoms with Gasteiger partial charge in [0.05, 0.1) is 6.07 Å². The van der Waals surface area contributed by atoms with Crippen LogP contribution in [0.1, 0.15) is 64.7 Å². The van der Waals surface area contributed by atoms with Crippen molar-refractivity contribution < 1.29 is 0 Å². The van der Waals surface area contributed by atoms with Gasteiger partial charge >= 0.3 is 0 Å². The zero-order chi connectivity index (χ0) is 11.4. The third-order valence-electron chi connectivity index (χ3n) is 2.79. The van der Waals surface area contributed by atoms with Crippen LogP contribution in [0.3, 0.4) is 0 Å². The van der Waals surface area contributed by atoms with Crippen LogP contribution in [0, 0.1) is 17.2 Å². The summed E-state index contributed by atoms with van der Waals surface area (Å²) in [4.78, 5) is 0. The Kier molecular flexibility index (Phi) is 10.7. The summed E-state index contributed by atoms with van der Waals surface area (Å²) in [5.74, 6) is 0.207. The summed E-state index contributed by atoms with van der Waals surface area (Å²) < 4.78 is 0. The molecule has 0 N–H and O–H groups in total. The fourth-order valence-electron chi connectivity index (χ4n) is 1.78. The van der Waals surface area contributed by atoms with Crippen LogP contribution in [0.5, 0.6) is 0 Å². The molecule has 86 valence electrons. The zero-order valence-electron chi connectivity index (χ0n) is 10.2. The van der Waals surface area contributed by atoms with E-state index in [1.165, 1.54) is 44.9 Å². The second-order valence-electron chi connectivity index (χ2n) is 4.26. The predicted molar refractivity (Wildman–Crippen MR) is 66.5 cm³/mol. The van der Waals surface area contributed by atoms with E-state index in [-0.39, 0.29) is 5.92 Å². The molecule has 0 heterocycles. The molecule has 0 saturated carbocycles. The van der Waals surface area contributed by atoms with E-state index in [2.05, 4.69) is 19.6 Å². The number of hydrogen-bond acceptors (Lipinski definition) is 1. The van der Waals surface area contributed by atoms with Gasteiger partial charge in [0.2, 0.25) is 0 Å². The Hall–Kier alpha value is -0.770. The predicted octanol–water partition coefficient (Wildman–Crippen LogP) is 4.84. The fraction of sp³-hybridized carbons (Fsp3) is 0.786. The fourth-order valence-corrected chi connectivity index (χ4v) is 1.78. The lowest BCUT2D eigenvalue weighted by Gasteiger charge is -2.05. The maximum atomic E-state index is 8.83. The molecular formula is C14H25N. The number of unbranched alkanes of at least 4 members (excludes halogenated alkanes) is 6. The van der Waals surface area contributed by atoms with Gasteiger partial charge in [0, 0.05) is 5.92 Å². The van der Waals surface area contributed by atoms with Crippen molar-refractivity contribution in [2.24, 2.45) is 5.92 Å². The molecule has 0 aromatic carbocycles. The highest BCUT2D eigenvalue weighted by molar-refractivity contribution is 4.87. The van der Waals surface area contributed by atoms with E-state index in [0.29, 0.717) is 0 Å². The summed E-state index contributed by atoms with van der Waals surface area (Å²) >= 11 is 0. The van der Waals surface area contributed by atoms with Gasteiger partial charge in [-0.2, -0.15) is 5.26 Å². The van der Waals surface area contributed by atoms with Gasteiger partial charge in [-0.3, -0.25) is 0 Å². The average Bonchev–Trinajstić information content (AvgIpc) is 2.26. The van der Waals surface area contributed by atoms with Gasteiger partial charge in [-0.05, 0) is 12.8 Å². The van der Waals surface area contributed by atoms with E-state index in [4.69, 9.17) is 5.26 Å². The molecule has 0 aliphatic heterocycles. The van der Waals surface area contributed by atoms with Crippen molar-refractivity contribution in [1.82, 2.24) is 0 Å². The molecule has 15 heavy (non-hydrogen) atoms. The van der Waals surface area contributed by atoms with Crippen LogP contribution in [0.4, 0.5) is 0 Å². The molecule has 0 fully saturated rings. The minimum absolute atomic E-state index is 0.207. The van der Waals surface area contributed by atoms with E-state index in [1.807, 2.05) is 6.08 Å². The molecule has 1 heteroatoms. The lowest BCUT2D eigenvalue weighted by Crippen LogP contribution is -1.95. The maximum absolute atomic E-state index is 8.83.